The normalized spacial score (nSPS) is 50.6. The SMILES string of the molecule is C=CCNC(=O)[C@]12C[C@H]3CC[C@@]1(C)[C@]3(C)CO2. The molecule has 3 heteroatoms. The molecule has 0 unspecified atom stereocenters. The molecule has 0 spiro atoms. The van der Waals surface area contributed by atoms with Crippen LogP contribution in [-0.4, -0.2) is 24.7 Å². The summed E-state index contributed by atoms with van der Waals surface area (Å²) in [5.41, 5.74) is -0.331. The third-order valence-corrected chi connectivity index (χ3v) is 5.97. The van der Waals surface area contributed by atoms with E-state index in [4.69, 9.17) is 4.74 Å². The molecule has 1 saturated heterocycles. The van der Waals surface area contributed by atoms with Crippen LogP contribution < -0.4 is 5.32 Å². The first-order chi connectivity index (χ1) is 8.00. The minimum absolute atomic E-state index is 0.0237. The van der Waals surface area contributed by atoms with Gasteiger partial charge in [-0.25, -0.2) is 0 Å². The van der Waals surface area contributed by atoms with Crippen molar-refractivity contribution >= 4 is 5.91 Å². The molecule has 3 aliphatic rings. The molecule has 1 aliphatic heterocycles. The Kier molecular flexibility index (Phi) is 2.08. The quantitative estimate of drug-likeness (QED) is 0.759. The first kappa shape index (κ1) is 11.3. The van der Waals surface area contributed by atoms with Crippen LogP contribution in [0, 0.1) is 16.7 Å². The molecule has 4 atom stereocenters. The lowest BCUT2D eigenvalue weighted by atomic mass is 9.66. The minimum Gasteiger partial charge on any atom is -0.364 e. The van der Waals surface area contributed by atoms with Crippen molar-refractivity contribution < 1.29 is 9.53 Å². The van der Waals surface area contributed by atoms with Crippen LogP contribution in [0.3, 0.4) is 0 Å². The molecule has 4 bridgehead atoms. The van der Waals surface area contributed by atoms with Gasteiger partial charge >= 0.3 is 0 Å². The molecule has 1 amide bonds. The number of ether oxygens (including phenoxy) is 1. The van der Waals surface area contributed by atoms with Crippen LogP contribution in [0.4, 0.5) is 0 Å². The summed E-state index contributed by atoms with van der Waals surface area (Å²) in [5.74, 6) is 0.738. The maximum Gasteiger partial charge on any atom is 0.253 e. The van der Waals surface area contributed by atoms with Crippen molar-refractivity contribution in [1.82, 2.24) is 5.32 Å². The second kappa shape index (κ2) is 3.14. The van der Waals surface area contributed by atoms with Crippen LogP contribution >= 0.6 is 0 Å². The smallest absolute Gasteiger partial charge is 0.253 e. The highest BCUT2D eigenvalue weighted by Crippen LogP contribution is 2.74. The molecule has 2 aliphatic carbocycles. The Morgan fingerprint density at radius 1 is 1.59 bits per heavy atom. The van der Waals surface area contributed by atoms with Crippen LogP contribution in [0.2, 0.25) is 0 Å². The van der Waals surface area contributed by atoms with E-state index < -0.39 is 5.60 Å². The standard InChI is InChI=1S/C14H21NO2/c1-4-7-15-11(16)14-8-10-5-6-13(14,3)12(10,2)9-17-14/h4,10H,1,5-9H2,2-3H3,(H,15,16)/t10-,12-,13+,14-/m1/s1. The molecule has 0 aromatic heterocycles. The highest BCUT2D eigenvalue weighted by molar-refractivity contribution is 5.88. The van der Waals surface area contributed by atoms with E-state index in [1.807, 2.05) is 0 Å². The van der Waals surface area contributed by atoms with Crippen LogP contribution in [0.5, 0.6) is 0 Å². The van der Waals surface area contributed by atoms with Gasteiger partial charge in [0.05, 0.1) is 6.61 Å². The van der Waals surface area contributed by atoms with E-state index in [0.29, 0.717) is 12.5 Å². The molecule has 3 rings (SSSR count). The second-order valence-electron chi connectivity index (χ2n) is 6.30. The predicted octanol–water partition coefficient (Wildman–Crippen LogP) is 1.88. The summed E-state index contributed by atoms with van der Waals surface area (Å²) in [6.07, 6.45) is 5.00. The second-order valence-corrected chi connectivity index (χ2v) is 6.30. The van der Waals surface area contributed by atoms with Crippen molar-refractivity contribution in [3.63, 3.8) is 0 Å². The van der Waals surface area contributed by atoms with Crippen molar-refractivity contribution in [3.8, 4) is 0 Å². The number of carbonyl (C=O) groups excluding carboxylic acids is 1. The van der Waals surface area contributed by atoms with E-state index in [2.05, 4.69) is 25.7 Å². The van der Waals surface area contributed by atoms with Crippen molar-refractivity contribution in [2.45, 2.75) is 38.7 Å². The fourth-order valence-electron chi connectivity index (χ4n) is 4.57. The maximum absolute atomic E-state index is 12.4. The van der Waals surface area contributed by atoms with Gasteiger partial charge < -0.3 is 10.1 Å². The Balaban J connectivity index is 1.95. The Bertz CT molecular complexity index is 394. The fourth-order valence-corrected chi connectivity index (χ4v) is 4.57. The van der Waals surface area contributed by atoms with Crippen molar-refractivity contribution in [2.75, 3.05) is 13.2 Å². The van der Waals surface area contributed by atoms with Gasteiger partial charge in [0, 0.05) is 17.4 Å². The van der Waals surface area contributed by atoms with Gasteiger partial charge in [0.25, 0.3) is 5.91 Å². The first-order valence-corrected chi connectivity index (χ1v) is 6.53. The van der Waals surface area contributed by atoms with Gasteiger partial charge in [-0.2, -0.15) is 0 Å². The molecule has 3 nitrogen and oxygen atoms in total. The number of hydrogen-bond donors (Lipinski definition) is 1. The summed E-state index contributed by atoms with van der Waals surface area (Å²) in [6, 6.07) is 0. The van der Waals surface area contributed by atoms with Gasteiger partial charge in [-0.3, -0.25) is 4.79 Å². The summed E-state index contributed by atoms with van der Waals surface area (Å²) in [5, 5.41) is 2.94. The fraction of sp³-hybridized carbons (Fsp3) is 0.786. The maximum atomic E-state index is 12.4. The van der Waals surface area contributed by atoms with Gasteiger partial charge in [0.1, 0.15) is 0 Å². The molecule has 1 heterocycles. The zero-order valence-electron chi connectivity index (χ0n) is 10.7. The lowest BCUT2D eigenvalue weighted by Crippen LogP contribution is -2.55. The van der Waals surface area contributed by atoms with Gasteiger partial charge in [-0.15, -0.1) is 6.58 Å². The molecular formula is C14H21NO2. The number of amides is 1. The van der Waals surface area contributed by atoms with Crippen molar-refractivity contribution in [2.24, 2.45) is 16.7 Å². The van der Waals surface area contributed by atoms with Crippen LogP contribution in [-0.2, 0) is 9.53 Å². The Labute approximate surface area is 103 Å². The summed E-state index contributed by atoms with van der Waals surface area (Å²) in [7, 11) is 0. The number of rotatable bonds is 3. The number of nitrogens with one attached hydrogen (secondary N) is 1. The Hall–Kier alpha value is -0.830. The van der Waals surface area contributed by atoms with Crippen LogP contribution in [0.15, 0.2) is 12.7 Å². The number of hydrogen-bond acceptors (Lipinski definition) is 2. The van der Waals surface area contributed by atoms with E-state index in [1.165, 1.54) is 6.42 Å². The molecule has 94 valence electrons. The topological polar surface area (TPSA) is 38.3 Å². The third kappa shape index (κ3) is 1.00. The summed E-state index contributed by atoms with van der Waals surface area (Å²) >= 11 is 0. The minimum atomic E-state index is -0.562. The molecule has 0 aromatic rings. The van der Waals surface area contributed by atoms with E-state index in [9.17, 15) is 4.79 Å². The van der Waals surface area contributed by atoms with Gasteiger partial charge in [-0.1, -0.05) is 19.9 Å². The summed E-state index contributed by atoms with van der Waals surface area (Å²) in [4.78, 5) is 12.4. The Morgan fingerprint density at radius 3 is 2.94 bits per heavy atom. The first-order valence-electron chi connectivity index (χ1n) is 6.53. The molecule has 2 saturated carbocycles. The summed E-state index contributed by atoms with van der Waals surface area (Å²) in [6.45, 7) is 9.47. The molecule has 0 aromatic carbocycles. The molecule has 3 fully saturated rings. The zero-order chi connectivity index (χ0) is 12.3. The zero-order valence-corrected chi connectivity index (χ0v) is 10.7. The van der Waals surface area contributed by atoms with Crippen LogP contribution in [0.1, 0.15) is 33.1 Å². The van der Waals surface area contributed by atoms with Crippen LogP contribution in [0.25, 0.3) is 0 Å². The Morgan fingerprint density at radius 2 is 2.35 bits per heavy atom. The largest absolute Gasteiger partial charge is 0.364 e. The van der Waals surface area contributed by atoms with Crippen molar-refractivity contribution in [1.29, 1.82) is 0 Å². The van der Waals surface area contributed by atoms with Gasteiger partial charge in [0.2, 0.25) is 0 Å². The highest BCUT2D eigenvalue weighted by Gasteiger charge is 2.78. The third-order valence-electron chi connectivity index (χ3n) is 5.97. The highest BCUT2D eigenvalue weighted by atomic mass is 16.5. The summed E-state index contributed by atoms with van der Waals surface area (Å²) < 4.78 is 5.99. The molecular weight excluding hydrogens is 214 g/mol. The van der Waals surface area contributed by atoms with Gasteiger partial charge in [-0.05, 0) is 25.2 Å². The average molecular weight is 235 g/mol. The van der Waals surface area contributed by atoms with E-state index in [-0.39, 0.29) is 16.7 Å². The molecule has 17 heavy (non-hydrogen) atoms. The monoisotopic (exact) mass is 235 g/mol. The van der Waals surface area contributed by atoms with Gasteiger partial charge in [0.15, 0.2) is 5.60 Å². The van der Waals surface area contributed by atoms with E-state index in [0.717, 1.165) is 19.4 Å². The number of carbonyl (C=O) groups is 1. The lowest BCUT2D eigenvalue weighted by Gasteiger charge is -2.39. The predicted molar refractivity (Wildman–Crippen MR) is 65.4 cm³/mol. The molecule has 0 radical (unpaired) electrons. The van der Waals surface area contributed by atoms with Crippen molar-refractivity contribution in [3.05, 3.63) is 12.7 Å². The van der Waals surface area contributed by atoms with E-state index >= 15 is 0 Å². The molecule has 1 N–H and O–H groups in total. The average Bonchev–Trinajstić information content (AvgIpc) is 2.78. The van der Waals surface area contributed by atoms with E-state index in [1.54, 1.807) is 6.08 Å². The lowest BCUT2D eigenvalue weighted by molar-refractivity contribution is -0.155.